The van der Waals surface area contributed by atoms with Gasteiger partial charge in [0.15, 0.2) is 17.4 Å². The van der Waals surface area contributed by atoms with Gasteiger partial charge in [-0.15, -0.1) is 21.5 Å². The predicted molar refractivity (Wildman–Crippen MR) is 65.0 cm³/mol. The van der Waals surface area contributed by atoms with Crippen LogP contribution in [-0.4, -0.2) is 17.3 Å². The Morgan fingerprint density at radius 3 is 2.56 bits per heavy atom. The molecule has 0 aliphatic carbocycles. The van der Waals surface area contributed by atoms with Gasteiger partial charge < -0.3 is 4.74 Å². The summed E-state index contributed by atoms with van der Waals surface area (Å²) in [6.07, 6.45) is 1.09. The maximum Gasteiger partial charge on any atom is 0.190 e. The van der Waals surface area contributed by atoms with Crippen molar-refractivity contribution in [1.29, 1.82) is 0 Å². The van der Waals surface area contributed by atoms with Gasteiger partial charge in [0, 0.05) is 6.42 Å². The summed E-state index contributed by atoms with van der Waals surface area (Å²) in [5, 5.41) is 9.54. The SMILES string of the molecule is CCc1nnc(Cc2ccc(F)c(OC)c2F)s1. The summed E-state index contributed by atoms with van der Waals surface area (Å²) in [5.41, 5.74) is 0.354. The highest BCUT2D eigenvalue weighted by molar-refractivity contribution is 7.11. The van der Waals surface area contributed by atoms with Crippen molar-refractivity contribution < 1.29 is 13.5 Å². The van der Waals surface area contributed by atoms with Gasteiger partial charge in [-0.25, -0.2) is 8.78 Å². The van der Waals surface area contributed by atoms with Gasteiger partial charge in [0.05, 0.1) is 7.11 Å². The number of hydrogen-bond donors (Lipinski definition) is 0. The molecule has 2 aromatic rings. The standard InChI is InChI=1S/C12H12F2N2OS/c1-3-9-15-16-10(18-9)6-7-4-5-8(13)12(17-2)11(7)14/h4-5H,3,6H2,1-2H3. The van der Waals surface area contributed by atoms with Crippen LogP contribution in [0.2, 0.25) is 0 Å². The van der Waals surface area contributed by atoms with Crippen LogP contribution in [0.15, 0.2) is 12.1 Å². The Morgan fingerprint density at radius 1 is 1.22 bits per heavy atom. The van der Waals surface area contributed by atoms with E-state index in [4.69, 9.17) is 4.74 Å². The number of hydrogen-bond acceptors (Lipinski definition) is 4. The zero-order valence-electron chi connectivity index (χ0n) is 10.0. The molecule has 0 spiro atoms. The van der Waals surface area contributed by atoms with E-state index in [0.29, 0.717) is 17.0 Å². The Labute approximate surface area is 107 Å². The number of halogens is 2. The van der Waals surface area contributed by atoms with Crippen LogP contribution in [0.4, 0.5) is 8.78 Å². The van der Waals surface area contributed by atoms with E-state index < -0.39 is 11.6 Å². The molecule has 0 aliphatic rings. The molecule has 0 saturated carbocycles. The quantitative estimate of drug-likeness (QED) is 0.856. The van der Waals surface area contributed by atoms with Crippen molar-refractivity contribution in [2.75, 3.05) is 7.11 Å². The molecule has 1 aromatic carbocycles. The molecular weight excluding hydrogens is 258 g/mol. The highest BCUT2D eigenvalue weighted by atomic mass is 32.1. The monoisotopic (exact) mass is 270 g/mol. The lowest BCUT2D eigenvalue weighted by Crippen LogP contribution is -1.99. The highest BCUT2D eigenvalue weighted by Gasteiger charge is 2.15. The molecule has 0 aliphatic heterocycles. The summed E-state index contributed by atoms with van der Waals surface area (Å²) in [4.78, 5) is 0. The smallest absolute Gasteiger partial charge is 0.190 e. The van der Waals surface area contributed by atoms with E-state index in [1.807, 2.05) is 6.92 Å². The second-order valence-corrected chi connectivity index (χ2v) is 4.82. The third-order valence-corrected chi connectivity index (χ3v) is 3.55. The maximum absolute atomic E-state index is 13.9. The molecule has 0 atom stereocenters. The fourth-order valence-corrected chi connectivity index (χ4v) is 2.37. The van der Waals surface area contributed by atoms with Crippen molar-refractivity contribution in [3.8, 4) is 5.75 Å². The van der Waals surface area contributed by atoms with Crippen LogP contribution in [0.5, 0.6) is 5.75 Å². The van der Waals surface area contributed by atoms with Crippen LogP contribution in [0.3, 0.4) is 0 Å². The highest BCUT2D eigenvalue weighted by Crippen LogP contribution is 2.26. The summed E-state index contributed by atoms with van der Waals surface area (Å²) < 4.78 is 31.8. The summed E-state index contributed by atoms with van der Waals surface area (Å²) in [6, 6.07) is 2.60. The largest absolute Gasteiger partial charge is 0.491 e. The number of methoxy groups -OCH3 is 1. The molecule has 0 unspecified atom stereocenters. The molecule has 0 N–H and O–H groups in total. The van der Waals surface area contributed by atoms with Crippen molar-refractivity contribution in [2.24, 2.45) is 0 Å². The van der Waals surface area contributed by atoms with Crippen LogP contribution in [0.1, 0.15) is 22.5 Å². The first-order valence-corrected chi connectivity index (χ1v) is 6.29. The molecule has 0 saturated heterocycles. The maximum atomic E-state index is 13.9. The molecule has 2 rings (SSSR count). The molecule has 18 heavy (non-hydrogen) atoms. The Morgan fingerprint density at radius 2 is 1.94 bits per heavy atom. The van der Waals surface area contributed by atoms with Crippen LogP contribution in [-0.2, 0) is 12.8 Å². The van der Waals surface area contributed by atoms with Gasteiger partial charge in [-0.05, 0) is 18.1 Å². The number of nitrogens with zero attached hydrogens (tertiary/aromatic N) is 2. The Hall–Kier alpha value is -1.56. The molecule has 0 fully saturated rings. The van der Waals surface area contributed by atoms with Crippen LogP contribution in [0, 0.1) is 11.6 Å². The van der Waals surface area contributed by atoms with Crippen molar-refractivity contribution >= 4 is 11.3 Å². The molecule has 1 heterocycles. The van der Waals surface area contributed by atoms with Crippen molar-refractivity contribution in [3.63, 3.8) is 0 Å². The van der Waals surface area contributed by atoms with Crippen molar-refractivity contribution in [2.45, 2.75) is 19.8 Å². The zero-order chi connectivity index (χ0) is 13.1. The molecule has 96 valence electrons. The van der Waals surface area contributed by atoms with E-state index in [9.17, 15) is 8.78 Å². The third-order valence-electron chi connectivity index (χ3n) is 2.49. The second-order valence-electron chi connectivity index (χ2n) is 3.67. The topological polar surface area (TPSA) is 35.0 Å². The average Bonchev–Trinajstić information content (AvgIpc) is 2.81. The van der Waals surface area contributed by atoms with Gasteiger partial charge in [-0.3, -0.25) is 0 Å². The predicted octanol–water partition coefficient (Wildman–Crippen LogP) is 2.98. The summed E-state index contributed by atoms with van der Waals surface area (Å²) >= 11 is 1.43. The minimum atomic E-state index is -0.703. The van der Waals surface area contributed by atoms with E-state index in [1.54, 1.807) is 0 Å². The van der Waals surface area contributed by atoms with E-state index >= 15 is 0 Å². The van der Waals surface area contributed by atoms with Gasteiger partial charge in [-0.2, -0.15) is 0 Å². The molecule has 0 radical (unpaired) electrons. The first-order chi connectivity index (χ1) is 8.65. The van der Waals surface area contributed by atoms with Crippen molar-refractivity contribution in [3.05, 3.63) is 39.3 Å². The number of ether oxygens (including phenoxy) is 1. The fraction of sp³-hybridized carbons (Fsp3) is 0.333. The Bertz CT molecular complexity index is 557. The lowest BCUT2D eigenvalue weighted by atomic mass is 10.1. The summed E-state index contributed by atoms with van der Waals surface area (Å²) in [7, 11) is 1.24. The van der Waals surface area contributed by atoms with Gasteiger partial charge in [0.25, 0.3) is 0 Å². The van der Waals surface area contributed by atoms with E-state index in [1.165, 1.54) is 30.6 Å². The first-order valence-electron chi connectivity index (χ1n) is 5.47. The normalized spacial score (nSPS) is 10.7. The summed E-state index contributed by atoms with van der Waals surface area (Å²) in [5.74, 6) is -1.73. The van der Waals surface area contributed by atoms with Gasteiger partial charge >= 0.3 is 0 Å². The fourth-order valence-electron chi connectivity index (χ4n) is 1.56. The average molecular weight is 270 g/mol. The van der Waals surface area contributed by atoms with Crippen LogP contribution >= 0.6 is 11.3 Å². The first kappa shape index (κ1) is 12.9. The number of aromatic nitrogens is 2. The number of rotatable bonds is 4. The lowest BCUT2D eigenvalue weighted by Gasteiger charge is -2.06. The van der Waals surface area contributed by atoms with Gasteiger partial charge in [-0.1, -0.05) is 13.0 Å². The second kappa shape index (κ2) is 5.39. The lowest BCUT2D eigenvalue weighted by molar-refractivity contribution is 0.358. The Kier molecular flexibility index (Phi) is 3.86. The van der Waals surface area contributed by atoms with E-state index in [2.05, 4.69) is 10.2 Å². The minimum Gasteiger partial charge on any atom is -0.491 e. The summed E-state index contributed by atoms with van der Waals surface area (Å²) in [6.45, 7) is 1.98. The van der Waals surface area contributed by atoms with Gasteiger partial charge in [0.1, 0.15) is 10.0 Å². The molecule has 0 bridgehead atoms. The molecule has 3 nitrogen and oxygen atoms in total. The molecule has 6 heteroatoms. The third kappa shape index (κ3) is 2.48. The molecule has 1 aromatic heterocycles. The van der Waals surface area contributed by atoms with Gasteiger partial charge in [0.2, 0.25) is 0 Å². The molecular formula is C12H12F2N2OS. The molecule has 0 amide bonds. The van der Waals surface area contributed by atoms with Crippen molar-refractivity contribution in [1.82, 2.24) is 10.2 Å². The Balaban J connectivity index is 2.29. The van der Waals surface area contributed by atoms with E-state index in [0.717, 1.165) is 11.4 Å². The minimum absolute atomic E-state index is 0.292. The number of benzene rings is 1. The van der Waals surface area contributed by atoms with Crippen LogP contribution in [0.25, 0.3) is 0 Å². The zero-order valence-corrected chi connectivity index (χ0v) is 10.9. The van der Waals surface area contributed by atoms with Crippen LogP contribution < -0.4 is 4.74 Å². The number of aryl methyl sites for hydroxylation is 1. The van der Waals surface area contributed by atoms with E-state index in [-0.39, 0.29) is 5.75 Å².